The van der Waals surface area contributed by atoms with Gasteiger partial charge >= 0.3 is 6.03 Å². The van der Waals surface area contributed by atoms with Gasteiger partial charge in [-0.2, -0.15) is 0 Å². The van der Waals surface area contributed by atoms with Gasteiger partial charge in [-0.1, -0.05) is 42.8 Å². The second kappa shape index (κ2) is 6.72. The standard InChI is InChI=1S/C20H21N3O4S/c21-28(26,27)16-8-9-17(13-5-2-1-3-6-13)14(12-16)11-15-7-4-10-20(15)18(24)22-19(25)23-20/h1-3,5-6,8-9,12,15H,4,7,10-11H2,(H2,21,26,27)(H2,22,23,24,25). The molecular formula is C20H21N3O4S. The number of hydrogen-bond acceptors (Lipinski definition) is 4. The number of urea groups is 1. The molecule has 1 spiro atoms. The monoisotopic (exact) mass is 399 g/mol. The Morgan fingerprint density at radius 1 is 1.11 bits per heavy atom. The maximum absolute atomic E-state index is 12.5. The summed E-state index contributed by atoms with van der Waals surface area (Å²) in [6.45, 7) is 0. The molecule has 146 valence electrons. The Bertz CT molecular complexity index is 1050. The molecule has 2 atom stereocenters. The van der Waals surface area contributed by atoms with Crippen molar-refractivity contribution >= 4 is 22.0 Å². The first-order valence-corrected chi connectivity index (χ1v) is 10.7. The van der Waals surface area contributed by atoms with Crippen LogP contribution in [0.4, 0.5) is 4.79 Å². The second-order valence-electron chi connectivity index (χ2n) is 7.40. The number of hydrogen-bond donors (Lipinski definition) is 3. The molecule has 2 aromatic rings. The van der Waals surface area contributed by atoms with Crippen molar-refractivity contribution in [2.45, 2.75) is 36.1 Å². The third-order valence-corrected chi connectivity index (χ3v) is 6.66. The summed E-state index contributed by atoms with van der Waals surface area (Å²) in [5, 5.41) is 10.5. The quantitative estimate of drug-likeness (QED) is 0.681. The summed E-state index contributed by atoms with van der Waals surface area (Å²) < 4.78 is 23.7. The van der Waals surface area contributed by atoms with Crippen LogP contribution < -0.4 is 15.8 Å². The average molecular weight is 399 g/mol. The minimum absolute atomic E-state index is 0.0362. The number of imide groups is 1. The largest absolute Gasteiger partial charge is 0.323 e. The third kappa shape index (κ3) is 3.18. The molecule has 2 fully saturated rings. The van der Waals surface area contributed by atoms with Gasteiger partial charge in [0.2, 0.25) is 10.0 Å². The van der Waals surface area contributed by atoms with E-state index in [2.05, 4.69) is 10.6 Å². The van der Waals surface area contributed by atoms with Crippen LogP contribution in [0.15, 0.2) is 53.4 Å². The van der Waals surface area contributed by atoms with Crippen LogP contribution in [0.1, 0.15) is 24.8 Å². The van der Waals surface area contributed by atoms with Gasteiger partial charge in [0.25, 0.3) is 5.91 Å². The zero-order chi connectivity index (χ0) is 19.9. The lowest BCUT2D eigenvalue weighted by atomic mass is 9.81. The summed E-state index contributed by atoms with van der Waals surface area (Å²) in [6, 6.07) is 14.0. The third-order valence-electron chi connectivity index (χ3n) is 5.75. The van der Waals surface area contributed by atoms with E-state index in [0.29, 0.717) is 12.8 Å². The van der Waals surface area contributed by atoms with E-state index in [1.165, 1.54) is 6.07 Å². The van der Waals surface area contributed by atoms with Gasteiger partial charge in [-0.15, -0.1) is 0 Å². The van der Waals surface area contributed by atoms with Crippen molar-refractivity contribution in [3.05, 3.63) is 54.1 Å². The van der Waals surface area contributed by atoms with Gasteiger partial charge in [0.05, 0.1) is 4.90 Å². The molecule has 4 rings (SSSR count). The summed E-state index contributed by atoms with van der Waals surface area (Å²) in [7, 11) is -3.85. The molecule has 0 bridgehead atoms. The molecule has 0 aromatic heterocycles. The molecule has 28 heavy (non-hydrogen) atoms. The fourth-order valence-electron chi connectivity index (χ4n) is 4.40. The fourth-order valence-corrected chi connectivity index (χ4v) is 4.97. The number of carbonyl (C=O) groups is 2. The number of sulfonamides is 1. The highest BCUT2D eigenvalue weighted by molar-refractivity contribution is 7.89. The van der Waals surface area contributed by atoms with Crippen LogP contribution in [0.5, 0.6) is 0 Å². The topological polar surface area (TPSA) is 118 Å². The Morgan fingerprint density at radius 3 is 2.50 bits per heavy atom. The maximum atomic E-state index is 12.5. The predicted octanol–water partition coefficient (Wildman–Crippen LogP) is 1.92. The van der Waals surface area contributed by atoms with Gasteiger partial charge in [0.15, 0.2) is 0 Å². The number of carbonyl (C=O) groups excluding carboxylic acids is 2. The molecule has 1 aliphatic heterocycles. The van der Waals surface area contributed by atoms with E-state index in [1.54, 1.807) is 12.1 Å². The van der Waals surface area contributed by atoms with Gasteiger partial charge in [0, 0.05) is 0 Å². The summed E-state index contributed by atoms with van der Waals surface area (Å²) in [6.07, 6.45) is 2.61. The van der Waals surface area contributed by atoms with Gasteiger partial charge in [-0.05, 0) is 54.0 Å². The Labute approximate surface area is 163 Å². The molecule has 8 heteroatoms. The Kier molecular flexibility index (Phi) is 4.47. The van der Waals surface area contributed by atoms with Crippen LogP contribution in [0.3, 0.4) is 0 Å². The maximum Gasteiger partial charge on any atom is 0.322 e. The zero-order valence-corrected chi connectivity index (χ0v) is 16.0. The number of nitrogens with one attached hydrogen (secondary N) is 2. The molecule has 1 saturated carbocycles. The minimum Gasteiger partial charge on any atom is -0.323 e. The van der Waals surface area contributed by atoms with E-state index in [9.17, 15) is 18.0 Å². The highest BCUT2D eigenvalue weighted by Crippen LogP contribution is 2.41. The van der Waals surface area contributed by atoms with Crippen LogP contribution in [0, 0.1) is 5.92 Å². The summed E-state index contributed by atoms with van der Waals surface area (Å²) >= 11 is 0. The molecule has 1 aliphatic carbocycles. The SMILES string of the molecule is NS(=O)(=O)c1ccc(-c2ccccc2)c(CC2CCCC23NC(=O)NC3=O)c1. The Hall–Kier alpha value is -2.71. The number of rotatable bonds is 4. The number of nitrogens with two attached hydrogens (primary N) is 1. The highest BCUT2D eigenvalue weighted by Gasteiger charge is 2.54. The lowest BCUT2D eigenvalue weighted by molar-refractivity contribution is -0.125. The van der Waals surface area contributed by atoms with Crippen LogP contribution >= 0.6 is 0 Å². The summed E-state index contributed by atoms with van der Waals surface area (Å²) in [5.74, 6) is -0.430. The van der Waals surface area contributed by atoms with Gasteiger partial charge in [-0.25, -0.2) is 18.4 Å². The van der Waals surface area contributed by atoms with Crippen molar-refractivity contribution in [3.8, 4) is 11.1 Å². The molecule has 7 nitrogen and oxygen atoms in total. The first kappa shape index (κ1) is 18.6. The Morgan fingerprint density at radius 2 is 1.86 bits per heavy atom. The molecule has 2 unspecified atom stereocenters. The summed E-state index contributed by atoms with van der Waals surface area (Å²) in [4.78, 5) is 24.3. The molecule has 0 radical (unpaired) electrons. The number of primary sulfonamides is 1. The van der Waals surface area contributed by atoms with E-state index >= 15 is 0 Å². The van der Waals surface area contributed by atoms with E-state index in [0.717, 1.165) is 29.5 Å². The molecular weight excluding hydrogens is 378 g/mol. The number of amides is 3. The van der Waals surface area contributed by atoms with E-state index in [-0.39, 0.29) is 16.7 Å². The lowest BCUT2D eigenvalue weighted by Crippen LogP contribution is -2.50. The van der Waals surface area contributed by atoms with E-state index < -0.39 is 21.6 Å². The van der Waals surface area contributed by atoms with Gasteiger partial charge < -0.3 is 5.32 Å². The normalized spacial score (nSPS) is 24.4. The van der Waals surface area contributed by atoms with Crippen LogP contribution in [-0.4, -0.2) is 25.9 Å². The van der Waals surface area contributed by atoms with Crippen molar-refractivity contribution in [1.29, 1.82) is 0 Å². The molecule has 2 aromatic carbocycles. The smallest absolute Gasteiger partial charge is 0.322 e. The fraction of sp³-hybridized carbons (Fsp3) is 0.300. The van der Waals surface area contributed by atoms with E-state index in [1.807, 2.05) is 30.3 Å². The van der Waals surface area contributed by atoms with Crippen molar-refractivity contribution in [1.82, 2.24) is 10.6 Å². The molecule has 1 heterocycles. The molecule has 1 saturated heterocycles. The van der Waals surface area contributed by atoms with Crippen molar-refractivity contribution < 1.29 is 18.0 Å². The number of benzene rings is 2. The minimum atomic E-state index is -3.85. The average Bonchev–Trinajstić information content (AvgIpc) is 3.18. The lowest BCUT2D eigenvalue weighted by Gasteiger charge is -2.29. The van der Waals surface area contributed by atoms with Crippen LogP contribution in [0.25, 0.3) is 11.1 Å². The van der Waals surface area contributed by atoms with E-state index in [4.69, 9.17) is 5.14 Å². The summed E-state index contributed by atoms with van der Waals surface area (Å²) in [5.41, 5.74) is 1.70. The van der Waals surface area contributed by atoms with Crippen molar-refractivity contribution in [3.63, 3.8) is 0 Å². The predicted molar refractivity (Wildman–Crippen MR) is 104 cm³/mol. The first-order chi connectivity index (χ1) is 13.3. The highest BCUT2D eigenvalue weighted by atomic mass is 32.2. The van der Waals surface area contributed by atoms with Crippen LogP contribution in [0.2, 0.25) is 0 Å². The second-order valence-corrected chi connectivity index (χ2v) is 8.96. The van der Waals surface area contributed by atoms with Crippen LogP contribution in [-0.2, 0) is 21.2 Å². The zero-order valence-electron chi connectivity index (χ0n) is 15.1. The van der Waals surface area contributed by atoms with Gasteiger partial charge in [-0.3, -0.25) is 10.1 Å². The first-order valence-electron chi connectivity index (χ1n) is 9.14. The van der Waals surface area contributed by atoms with Crippen molar-refractivity contribution in [2.24, 2.45) is 11.1 Å². The molecule has 3 amide bonds. The molecule has 2 aliphatic rings. The van der Waals surface area contributed by atoms with Gasteiger partial charge in [0.1, 0.15) is 5.54 Å². The van der Waals surface area contributed by atoms with Crippen molar-refractivity contribution in [2.75, 3.05) is 0 Å². The Balaban J connectivity index is 1.77. The molecule has 4 N–H and O–H groups in total.